The molecule has 11 atom stereocenters. The number of amides is 1. The zero-order valence-corrected chi connectivity index (χ0v) is 23.2. The van der Waals surface area contributed by atoms with Crippen molar-refractivity contribution in [1.82, 2.24) is 10.4 Å². The van der Waals surface area contributed by atoms with E-state index in [0.717, 1.165) is 55.9 Å². The van der Waals surface area contributed by atoms with Crippen LogP contribution >= 0.6 is 0 Å². The molecule has 2 saturated heterocycles. The normalized spacial score (nSPS) is 48.6. The number of carbonyl (C=O) groups is 1. The van der Waals surface area contributed by atoms with E-state index in [4.69, 9.17) is 4.84 Å². The highest BCUT2D eigenvalue weighted by atomic mass is 16.7. The van der Waals surface area contributed by atoms with Gasteiger partial charge in [0, 0.05) is 24.9 Å². The third-order valence-corrected chi connectivity index (χ3v) is 12.6. The summed E-state index contributed by atoms with van der Waals surface area (Å²) in [6, 6.07) is 0.607. The van der Waals surface area contributed by atoms with Gasteiger partial charge in [-0.3, -0.25) is 9.63 Å². The summed E-state index contributed by atoms with van der Waals surface area (Å²) in [6.45, 7) is 11.4. The molecule has 5 nitrogen and oxygen atoms in total. The van der Waals surface area contributed by atoms with Crippen molar-refractivity contribution in [2.24, 2.45) is 46.3 Å². The maximum atomic E-state index is 13.3. The van der Waals surface area contributed by atoms with Crippen molar-refractivity contribution in [3.05, 3.63) is 11.6 Å². The molecule has 0 bridgehead atoms. The molecule has 36 heavy (non-hydrogen) atoms. The van der Waals surface area contributed by atoms with E-state index in [0.29, 0.717) is 41.7 Å². The van der Waals surface area contributed by atoms with Crippen molar-refractivity contribution >= 4 is 5.91 Å². The zero-order chi connectivity index (χ0) is 25.2. The van der Waals surface area contributed by atoms with Gasteiger partial charge in [0.1, 0.15) is 0 Å². The molecular formula is C31H50N2O3. The molecule has 0 aromatic rings. The third-order valence-electron chi connectivity index (χ3n) is 12.6. The molecule has 6 aliphatic rings. The van der Waals surface area contributed by atoms with Crippen LogP contribution in [0.4, 0.5) is 0 Å². The van der Waals surface area contributed by atoms with E-state index in [2.05, 4.69) is 39.1 Å². The number of nitrogens with one attached hydrogen (secondary N) is 1. The summed E-state index contributed by atoms with van der Waals surface area (Å²) in [5.41, 5.74) is 2.30. The molecular weight excluding hydrogens is 448 g/mol. The molecule has 0 aromatic heterocycles. The Labute approximate surface area is 218 Å². The Morgan fingerprint density at radius 2 is 2.06 bits per heavy atom. The average molecular weight is 499 g/mol. The number of aliphatic hydroxyl groups is 1. The maximum Gasteiger partial charge on any atom is 0.246 e. The number of aliphatic hydroxyl groups excluding tert-OH is 1. The van der Waals surface area contributed by atoms with Crippen LogP contribution in [0.15, 0.2) is 11.6 Å². The number of hydrogen-bond donors (Lipinski definition) is 2. The van der Waals surface area contributed by atoms with E-state index in [1.165, 1.54) is 38.5 Å². The molecule has 3 saturated carbocycles. The number of hydroxylamine groups is 2. The zero-order valence-electron chi connectivity index (χ0n) is 23.2. The Hall–Kier alpha value is -0.910. The molecule has 1 amide bonds. The average Bonchev–Trinajstić information content (AvgIpc) is 3.55. The number of rotatable bonds is 5. The SMILES string of the molecule is CC[C@@H]1NC[C@@H]2CON(C(=O)CC[C@@H](C)[C@H]3CC[C@H]4[C@@H]5CC=C6C[C@@H](O)CC[C@]6(C)[C@H]5CC[C@]34C)[C@@H]21. The molecule has 5 heteroatoms. The van der Waals surface area contributed by atoms with Gasteiger partial charge < -0.3 is 10.4 Å². The van der Waals surface area contributed by atoms with Gasteiger partial charge in [0.15, 0.2) is 0 Å². The standard InChI is InChI=1S/C31H50N2O3/c1-5-27-29-20(17-32-27)18-36-33(29)28(35)11-6-19(2)24-9-10-25-23-8-7-21-16-22(34)12-14-30(21,3)26(23)13-15-31(24,25)4/h7,19-20,22-27,29,32,34H,5-6,8-18H2,1-4H3/t19-,20-,22+,23+,24-,25+,26+,27+,29+,30+,31-/m1/s1. The predicted octanol–water partition coefficient (Wildman–Crippen LogP) is 5.48. The summed E-state index contributed by atoms with van der Waals surface area (Å²) in [4.78, 5) is 19.2. The van der Waals surface area contributed by atoms with Crippen LogP contribution < -0.4 is 5.32 Å². The lowest BCUT2D eigenvalue weighted by Crippen LogP contribution is -2.50. The molecule has 2 aliphatic heterocycles. The van der Waals surface area contributed by atoms with Gasteiger partial charge in [-0.2, -0.15) is 0 Å². The Kier molecular flexibility index (Phi) is 6.61. The predicted molar refractivity (Wildman–Crippen MR) is 142 cm³/mol. The Morgan fingerprint density at radius 1 is 1.22 bits per heavy atom. The van der Waals surface area contributed by atoms with E-state index >= 15 is 0 Å². The third kappa shape index (κ3) is 3.85. The van der Waals surface area contributed by atoms with Crippen molar-refractivity contribution < 1.29 is 14.7 Å². The fraction of sp³-hybridized carbons (Fsp3) is 0.903. The topological polar surface area (TPSA) is 61.8 Å². The Balaban J connectivity index is 1.10. The largest absolute Gasteiger partial charge is 0.393 e. The summed E-state index contributed by atoms with van der Waals surface area (Å²) in [5.74, 6) is 4.40. The van der Waals surface area contributed by atoms with Crippen LogP contribution in [0.1, 0.15) is 98.3 Å². The van der Waals surface area contributed by atoms with Crippen molar-refractivity contribution in [3.8, 4) is 0 Å². The fourth-order valence-corrected chi connectivity index (χ4v) is 10.6. The molecule has 0 aromatic carbocycles. The number of fused-ring (bicyclic) bond motifs is 6. The molecule has 0 radical (unpaired) electrons. The van der Waals surface area contributed by atoms with Crippen LogP contribution in [-0.4, -0.2) is 47.4 Å². The van der Waals surface area contributed by atoms with E-state index in [-0.39, 0.29) is 18.1 Å². The second-order valence-electron chi connectivity index (χ2n) is 14.1. The lowest BCUT2D eigenvalue weighted by Gasteiger charge is -2.58. The molecule has 5 fully saturated rings. The molecule has 202 valence electrons. The van der Waals surface area contributed by atoms with Crippen LogP contribution in [-0.2, 0) is 9.63 Å². The monoisotopic (exact) mass is 498 g/mol. The summed E-state index contributed by atoms with van der Waals surface area (Å²) in [5, 5.41) is 15.7. The number of allylic oxidation sites excluding steroid dienone is 1. The summed E-state index contributed by atoms with van der Waals surface area (Å²) < 4.78 is 0. The summed E-state index contributed by atoms with van der Waals surface area (Å²) in [6.07, 6.45) is 14.8. The van der Waals surface area contributed by atoms with E-state index in [9.17, 15) is 9.90 Å². The Morgan fingerprint density at radius 3 is 2.86 bits per heavy atom. The minimum atomic E-state index is -0.121. The smallest absolute Gasteiger partial charge is 0.246 e. The highest BCUT2D eigenvalue weighted by Gasteiger charge is 2.59. The van der Waals surface area contributed by atoms with E-state index in [1.54, 1.807) is 10.6 Å². The molecule has 6 rings (SSSR count). The van der Waals surface area contributed by atoms with Crippen molar-refractivity contribution in [2.45, 2.75) is 117 Å². The number of carbonyl (C=O) groups excluding carboxylic acids is 1. The Bertz CT molecular complexity index is 889. The molecule has 2 N–H and O–H groups in total. The van der Waals surface area contributed by atoms with Crippen molar-refractivity contribution in [2.75, 3.05) is 13.2 Å². The number of nitrogens with zero attached hydrogens (tertiary/aromatic N) is 1. The van der Waals surface area contributed by atoms with Crippen molar-refractivity contribution in [3.63, 3.8) is 0 Å². The lowest BCUT2D eigenvalue weighted by atomic mass is 9.47. The van der Waals surface area contributed by atoms with Crippen LogP contribution in [0.3, 0.4) is 0 Å². The second-order valence-corrected chi connectivity index (χ2v) is 14.1. The van der Waals surface area contributed by atoms with Gasteiger partial charge in [-0.1, -0.05) is 39.3 Å². The molecule has 0 unspecified atom stereocenters. The van der Waals surface area contributed by atoms with Gasteiger partial charge in [-0.05, 0) is 105 Å². The van der Waals surface area contributed by atoms with Gasteiger partial charge in [0.25, 0.3) is 0 Å². The van der Waals surface area contributed by atoms with E-state index in [1.807, 2.05) is 0 Å². The van der Waals surface area contributed by atoms with Crippen LogP contribution in [0.5, 0.6) is 0 Å². The van der Waals surface area contributed by atoms with Gasteiger partial charge in [-0.25, -0.2) is 5.06 Å². The number of hydrogen-bond acceptors (Lipinski definition) is 4. The van der Waals surface area contributed by atoms with Crippen LogP contribution in [0.25, 0.3) is 0 Å². The quantitative estimate of drug-likeness (QED) is 0.493. The first-order chi connectivity index (χ1) is 17.3. The second kappa shape index (κ2) is 9.38. The molecule has 4 aliphatic carbocycles. The minimum absolute atomic E-state index is 0.121. The van der Waals surface area contributed by atoms with Gasteiger partial charge in [0.2, 0.25) is 5.91 Å². The van der Waals surface area contributed by atoms with Gasteiger partial charge in [0.05, 0.1) is 18.8 Å². The highest BCUT2D eigenvalue weighted by Crippen LogP contribution is 2.67. The van der Waals surface area contributed by atoms with Crippen molar-refractivity contribution in [1.29, 1.82) is 0 Å². The maximum absolute atomic E-state index is 13.3. The van der Waals surface area contributed by atoms with Crippen LogP contribution in [0, 0.1) is 46.3 Å². The molecule has 2 heterocycles. The summed E-state index contributed by atoms with van der Waals surface area (Å²) in [7, 11) is 0. The first-order valence-corrected chi connectivity index (χ1v) is 15.3. The molecule has 0 spiro atoms. The lowest BCUT2D eigenvalue weighted by molar-refractivity contribution is -0.178. The van der Waals surface area contributed by atoms with Crippen LogP contribution in [0.2, 0.25) is 0 Å². The van der Waals surface area contributed by atoms with E-state index < -0.39 is 0 Å². The first-order valence-electron chi connectivity index (χ1n) is 15.3. The first kappa shape index (κ1) is 25.4. The fourth-order valence-electron chi connectivity index (χ4n) is 10.6. The summed E-state index contributed by atoms with van der Waals surface area (Å²) >= 11 is 0. The van der Waals surface area contributed by atoms with Gasteiger partial charge >= 0.3 is 0 Å². The van der Waals surface area contributed by atoms with Gasteiger partial charge in [-0.15, -0.1) is 0 Å². The highest BCUT2D eigenvalue weighted by molar-refractivity contribution is 5.75. The minimum Gasteiger partial charge on any atom is -0.393 e.